The summed E-state index contributed by atoms with van der Waals surface area (Å²) in [6, 6.07) is 3.98. The Morgan fingerprint density at radius 2 is 1.84 bits per heavy atom. The number of thiazole rings is 1. The standard InChI is InChI=1S/C31H36F3N5O3S/c1-19-11-21(13-22(12-19)31(32,33)34)28-25(17-38-8-4-7-30(2,3)18-38)43-27(37-28)14-24(40)23-15-36-26(16-35-23)39-9-5-20(6-10-39)29(41)42/h11-13,15-16,20H,4-10,14,17-18H2,1-3H3,(H,41,42). The van der Waals surface area contributed by atoms with Gasteiger partial charge < -0.3 is 10.0 Å². The highest BCUT2D eigenvalue weighted by atomic mass is 32.1. The van der Waals surface area contributed by atoms with Gasteiger partial charge in [-0.15, -0.1) is 11.3 Å². The highest BCUT2D eigenvalue weighted by molar-refractivity contribution is 7.12. The molecular weight excluding hydrogens is 579 g/mol. The maximum absolute atomic E-state index is 13.7. The quantitative estimate of drug-likeness (QED) is 0.296. The number of Topliss-reactive ketones (excluding diaryl/α,β-unsaturated/α-hetero) is 1. The third-order valence-corrected chi connectivity index (χ3v) is 9.21. The van der Waals surface area contributed by atoms with Crippen LogP contribution in [0.5, 0.6) is 0 Å². The summed E-state index contributed by atoms with van der Waals surface area (Å²) >= 11 is 1.36. The molecule has 2 saturated heterocycles. The number of anilines is 1. The molecule has 230 valence electrons. The molecule has 0 unspecified atom stereocenters. The number of rotatable bonds is 8. The average Bonchev–Trinajstić information content (AvgIpc) is 3.33. The Labute approximate surface area is 253 Å². The average molecular weight is 616 g/mol. The van der Waals surface area contributed by atoms with Gasteiger partial charge in [0.2, 0.25) is 0 Å². The molecule has 0 amide bonds. The Balaban J connectivity index is 1.37. The summed E-state index contributed by atoms with van der Waals surface area (Å²) in [4.78, 5) is 43.0. The van der Waals surface area contributed by atoms with Gasteiger partial charge in [-0.1, -0.05) is 13.8 Å². The van der Waals surface area contributed by atoms with E-state index in [1.54, 1.807) is 13.0 Å². The van der Waals surface area contributed by atoms with Crippen molar-refractivity contribution in [3.63, 3.8) is 0 Å². The number of alkyl halides is 3. The zero-order valence-electron chi connectivity index (χ0n) is 24.6. The molecule has 5 rings (SSSR count). The molecule has 0 saturated carbocycles. The van der Waals surface area contributed by atoms with E-state index in [0.29, 0.717) is 60.1 Å². The van der Waals surface area contributed by atoms with Gasteiger partial charge in [0.25, 0.3) is 0 Å². The maximum Gasteiger partial charge on any atom is 0.416 e. The number of aryl methyl sites for hydroxylation is 1. The Hall–Kier alpha value is -3.38. The van der Waals surface area contributed by atoms with Crippen LogP contribution in [0.25, 0.3) is 11.3 Å². The Kier molecular flexibility index (Phi) is 8.89. The number of piperidine rings is 2. The van der Waals surface area contributed by atoms with Crippen molar-refractivity contribution in [1.29, 1.82) is 0 Å². The van der Waals surface area contributed by atoms with E-state index < -0.39 is 17.7 Å². The molecule has 1 aromatic carbocycles. The van der Waals surface area contributed by atoms with Crippen LogP contribution >= 0.6 is 11.3 Å². The fourth-order valence-electron chi connectivity index (χ4n) is 5.99. The lowest BCUT2D eigenvalue weighted by Gasteiger charge is -2.37. The number of halogens is 3. The molecule has 0 aliphatic carbocycles. The molecule has 12 heteroatoms. The van der Waals surface area contributed by atoms with Crippen LogP contribution in [0.3, 0.4) is 0 Å². The predicted molar refractivity (Wildman–Crippen MR) is 158 cm³/mol. The van der Waals surface area contributed by atoms with Crippen LogP contribution in [-0.2, 0) is 23.9 Å². The highest BCUT2D eigenvalue weighted by Gasteiger charge is 2.32. The molecule has 0 bridgehead atoms. The van der Waals surface area contributed by atoms with Crippen molar-refractivity contribution < 1.29 is 27.9 Å². The number of carboxylic acids is 1. The summed E-state index contributed by atoms with van der Waals surface area (Å²) in [5.41, 5.74) is 0.964. The number of hydrogen-bond donors (Lipinski definition) is 1. The van der Waals surface area contributed by atoms with Gasteiger partial charge in [0, 0.05) is 36.6 Å². The third-order valence-electron chi connectivity index (χ3n) is 8.17. The first-order chi connectivity index (χ1) is 20.3. The monoisotopic (exact) mass is 615 g/mol. The minimum absolute atomic E-state index is 0.0425. The number of carboxylic acid groups (broad SMARTS) is 1. The number of aromatic nitrogens is 3. The molecule has 2 aromatic heterocycles. The largest absolute Gasteiger partial charge is 0.481 e. The summed E-state index contributed by atoms with van der Waals surface area (Å²) in [6.07, 6.45) is 1.62. The molecule has 0 radical (unpaired) electrons. The van der Waals surface area contributed by atoms with E-state index in [-0.39, 0.29) is 29.2 Å². The van der Waals surface area contributed by atoms with Gasteiger partial charge in [0.05, 0.1) is 36.0 Å². The van der Waals surface area contributed by atoms with Gasteiger partial charge in [0.15, 0.2) is 5.78 Å². The van der Waals surface area contributed by atoms with Gasteiger partial charge in [-0.25, -0.2) is 15.0 Å². The van der Waals surface area contributed by atoms with E-state index in [4.69, 9.17) is 4.98 Å². The minimum Gasteiger partial charge on any atom is -0.481 e. The van der Waals surface area contributed by atoms with Crippen molar-refractivity contribution in [2.24, 2.45) is 11.3 Å². The summed E-state index contributed by atoms with van der Waals surface area (Å²) < 4.78 is 41.0. The number of benzene rings is 1. The van der Waals surface area contributed by atoms with Crippen LogP contribution in [-0.4, -0.2) is 62.9 Å². The van der Waals surface area contributed by atoms with Crippen LogP contribution in [0.2, 0.25) is 0 Å². The molecule has 2 aliphatic rings. The first-order valence-corrected chi connectivity index (χ1v) is 15.3. The predicted octanol–water partition coefficient (Wildman–Crippen LogP) is 6.28. The van der Waals surface area contributed by atoms with E-state index in [1.807, 2.05) is 4.90 Å². The van der Waals surface area contributed by atoms with Gasteiger partial charge in [0.1, 0.15) is 16.5 Å². The van der Waals surface area contributed by atoms with E-state index in [1.165, 1.54) is 23.7 Å². The number of carbonyl (C=O) groups excluding carboxylic acids is 1. The number of carbonyl (C=O) groups is 2. The topological polar surface area (TPSA) is 99.5 Å². The Morgan fingerprint density at radius 1 is 1.09 bits per heavy atom. The van der Waals surface area contributed by atoms with Crippen molar-refractivity contribution in [3.05, 3.63) is 57.3 Å². The fourth-order valence-corrected chi connectivity index (χ4v) is 7.12. The van der Waals surface area contributed by atoms with Crippen LogP contribution in [0, 0.1) is 18.3 Å². The van der Waals surface area contributed by atoms with Crippen molar-refractivity contribution in [3.8, 4) is 11.3 Å². The molecular formula is C31H36F3N5O3S. The molecule has 2 aliphatic heterocycles. The molecule has 3 aromatic rings. The molecule has 0 spiro atoms. The summed E-state index contributed by atoms with van der Waals surface area (Å²) in [7, 11) is 0. The van der Waals surface area contributed by atoms with Crippen molar-refractivity contribution >= 4 is 28.9 Å². The van der Waals surface area contributed by atoms with Crippen LogP contribution < -0.4 is 4.90 Å². The fraction of sp³-hybridized carbons (Fsp3) is 0.516. The zero-order valence-corrected chi connectivity index (χ0v) is 25.4. The first kappa shape index (κ1) is 31.1. The molecule has 2 fully saturated rings. The van der Waals surface area contributed by atoms with Crippen LogP contribution in [0.4, 0.5) is 19.0 Å². The number of ketones is 1. The number of aliphatic carboxylic acids is 1. The van der Waals surface area contributed by atoms with Crippen LogP contribution in [0.1, 0.15) is 71.0 Å². The Bertz CT molecular complexity index is 1480. The second-order valence-corrected chi connectivity index (χ2v) is 13.6. The van der Waals surface area contributed by atoms with E-state index >= 15 is 0 Å². The van der Waals surface area contributed by atoms with Gasteiger partial charge in [-0.3, -0.25) is 14.5 Å². The normalized spacial score (nSPS) is 18.1. The highest BCUT2D eigenvalue weighted by Crippen LogP contribution is 2.37. The van der Waals surface area contributed by atoms with E-state index in [2.05, 4.69) is 28.7 Å². The van der Waals surface area contributed by atoms with Crippen LogP contribution in [0.15, 0.2) is 30.6 Å². The lowest BCUT2D eigenvalue weighted by Crippen LogP contribution is -2.39. The lowest BCUT2D eigenvalue weighted by atomic mass is 9.84. The second-order valence-electron chi connectivity index (χ2n) is 12.4. The second kappa shape index (κ2) is 12.3. The lowest BCUT2D eigenvalue weighted by molar-refractivity contribution is -0.142. The minimum atomic E-state index is -4.48. The first-order valence-electron chi connectivity index (χ1n) is 14.5. The van der Waals surface area contributed by atoms with Gasteiger partial charge in [-0.2, -0.15) is 13.2 Å². The van der Waals surface area contributed by atoms with E-state index in [0.717, 1.165) is 42.9 Å². The summed E-state index contributed by atoms with van der Waals surface area (Å²) in [5, 5.41) is 9.74. The SMILES string of the molecule is Cc1cc(-c2nc(CC(=O)c3cnc(N4CCC(C(=O)O)CC4)cn3)sc2CN2CCCC(C)(C)C2)cc(C(F)(F)F)c1. The third kappa shape index (κ3) is 7.59. The van der Waals surface area contributed by atoms with Crippen molar-refractivity contribution in [2.75, 3.05) is 31.1 Å². The molecule has 1 N–H and O–H groups in total. The maximum atomic E-state index is 13.7. The molecule has 43 heavy (non-hydrogen) atoms. The zero-order chi connectivity index (χ0) is 30.9. The smallest absolute Gasteiger partial charge is 0.416 e. The molecule has 0 atom stereocenters. The number of likely N-dealkylation sites (tertiary alicyclic amines) is 1. The number of nitrogens with zero attached hydrogens (tertiary/aromatic N) is 5. The van der Waals surface area contributed by atoms with Crippen molar-refractivity contribution in [2.45, 2.75) is 65.6 Å². The van der Waals surface area contributed by atoms with Crippen molar-refractivity contribution in [1.82, 2.24) is 19.9 Å². The number of hydrogen-bond acceptors (Lipinski definition) is 8. The summed E-state index contributed by atoms with van der Waals surface area (Å²) in [6.45, 7) is 9.49. The van der Waals surface area contributed by atoms with Gasteiger partial charge >= 0.3 is 12.1 Å². The summed E-state index contributed by atoms with van der Waals surface area (Å²) in [5.74, 6) is -0.846. The van der Waals surface area contributed by atoms with Gasteiger partial charge in [-0.05, 0) is 68.3 Å². The molecule has 4 heterocycles. The van der Waals surface area contributed by atoms with E-state index in [9.17, 15) is 27.9 Å². The molecule has 8 nitrogen and oxygen atoms in total. The Morgan fingerprint density at radius 3 is 2.47 bits per heavy atom.